The Labute approximate surface area is 112 Å². The van der Waals surface area contributed by atoms with Crippen LogP contribution < -0.4 is 21.5 Å². The van der Waals surface area contributed by atoms with Crippen LogP contribution in [0, 0.1) is 5.92 Å². The predicted octanol–water partition coefficient (Wildman–Crippen LogP) is 2.27. The summed E-state index contributed by atoms with van der Waals surface area (Å²) in [6, 6.07) is 7.92. The van der Waals surface area contributed by atoms with Crippen LogP contribution in [0.5, 0.6) is 0 Å². The maximum atomic E-state index is 11.4. The van der Waals surface area contributed by atoms with Crippen LogP contribution in [0.2, 0.25) is 0 Å². The highest BCUT2D eigenvalue weighted by Crippen LogP contribution is 2.21. The van der Waals surface area contributed by atoms with Gasteiger partial charge in [0.15, 0.2) is 0 Å². The molecule has 0 spiro atoms. The monoisotopic (exact) mass is 258 g/mol. The smallest absolute Gasteiger partial charge is 0.253 e. The van der Waals surface area contributed by atoms with E-state index in [0.29, 0.717) is 17.3 Å². The van der Waals surface area contributed by atoms with Crippen molar-refractivity contribution in [3.63, 3.8) is 0 Å². The summed E-state index contributed by atoms with van der Waals surface area (Å²) in [6.07, 6.45) is 1.03. The molecular weight excluding hydrogens is 240 g/mol. The Morgan fingerprint density at radius 2 is 1.58 bits per heavy atom. The van der Waals surface area contributed by atoms with Crippen LogP contribution in [0.3, 0.4) is 0 Å². The van der Waals surface area contributed by atoms with E-state index >= 15 is 0 Å². The average molecular weight is 258 g/mol. The Balaban J connectivity index is 2.14. The van der Waals surface area contributed by atoms with Gasteiger partial charge in [-0.1, -0.05) is 26.0 Å². The molecule has 0 heterocycles. The molecule has 4 nitrogen and oxygen atoms in total. The van der Waals surface area contributed by atoms with Crippen LogP contribution in [0.25, 0.3) is 0 Å². The van der Waals surface area contributed by atoms with Crippen molar-refractivity contribution in [3.05, 3.63) is 50.3 Å². The van der Waals surface area contributed by atoms with E-state index in [1.165, 1.54) is 5.56 Å². The third-order valence-electron chi connectivity index (χ3n) is 3.03. The van der Waals surface area contributed by atoms with Gasteiger partial charge in [0.1, 0.15) is 11.4 Å². The average Bonchev–Trinajstić information content (AvgIpc) is 2.39. The molecule has 0 unspecified atom stereocenters. The van der Waals surface area contributed by atoms with Crippen LogP contribution >= 0.6 is 0 Å². The Morgan fingerprint density at radius 3 is 2.11 bits per heavy atom. The van der Waals surface area contributed by atoms with Crippen LogP contribution in [-0.4, -0.2) is 7.05 Å². The lowest BCUT2D eigenvalue weighted by Gasteiger charge is -2.13. The minimum Gasteiger partial charge on any atom is -0.383 e. The lowest BCUT2D eigenvalue weighted by atomic mass is 10.0. The van der Waals surface area contributed by atoms with Gasteiger partial charge in [0.25, 0.3) is 10.9 Å². The fourth-order valence-electron chi connectivity index (χ4n) is 2.09. The maximum absolute atomic E-state index is 11.4. The van der Waals surface area contributed by atoms with Gasteiger partial charge in [-0.15, -0.1) is 0 Å². The van der Waals surface area contributed by atoms with Crippen molar-refractivity contribution in [3.8, 4) is 0 Å². The van der Waals surface area contributed by atoms with Gasteiger partial charge in [-0.05, 0) is 30.0 Å². The summed E-state index contributed by atoms with van der Waals surface area (Å²) >= 11 is 0. The molecule has 0 bridgehead atoms. The quantitative estimate of drug-likeness (QED) is 0.808. The minimum absolute atomic E-state index is 0.351. The molecule has 0 fully saturated rings. The highest BCUT2D eigenvalue weighted by Gasteiger charge is 2.19. The zero-order valence-corrected chi connectivity index (χ0v) is 11.4. The summed E-state index contributed by atoms with van der Waals surface area (Å²) in [6.45, 7) is 4.35. The molecule has 0 aromatic heterocycles. The molecule has 0 aliphatic carbocycles. The van der Waals surface area contributed by atoms with Crippen LogP contribution in [0.4, 0.5) is 17.1 Å². The summed E-state index contributed by atoms with van der Waals surface area (Å²) in [5.41, 5.74) is 1.87. The van der Waals surface area contributed by atoms with Crippen LogP contribution in [0.1, 0.15) is 19.4 Å². The van der Waals surface area contributed by atoms with E-state index in [1.54, 1.807) is 7.05 Å². The molecule has 2 rings (SSSR count). The summed E-state index contributed by atoms with van der Waals surface area (Å²) in [7, 11) is 1.63. The van der Waals surface area contributed by atoms with Gasteiger partial charge in [-0.3, -0.25) is 9.59 Å². The molecule has 0 aliphatic heterocycles. The van der Waals surface area contributed by atoms with E-state index in [4.69, 9.17) is 0 Å². The molecule has 2 N–H and O–H groups in total. The Hall–Kier alpha value is -2.10. The summed E-state index contributed by atoms with van der Waals surface area (Å²) in [5, 5.41) is 5.72. The molecule has 0 radical (unpaired) electrons. The maximum Gasteiger partial charge on any atom is 0.253 e. The molecule has 0 amide bonds. The van der Waals surface area contributed by atoms with Crippen molar-refractivity contribution in [2.45, 2.75) is 20.3 Å². The number of anilines is 3. The summed E-state index contributed by atoms with van der Waals surface area (Å²) in [5.74, 6) is 0.614. The third-order valence-corrected chi connectivity index (χ3v) is 3.03. The highest BCUT2D eigenvalue weighted by molar-refractivity contribution is 5.78. The van der Waals surface area contributed by atoms with Crippen molar-refractivity contribution in [1.29, 1.82) is 0 Å². The van der Waals surface area contributed by atoms with Gasteiger partial charge >= 0.3 is 0 Å². The Bertz CT molecular complexity index is 635. The molecule has 2 aromatic carbocycles. The second-order valence-corrected chi connectivity index (χ2v) is 5.08. The lowest BCUT2D eigenvalue weighted by molar-refractivity contribution is 0.647. The third kappa shape index (κ3) is 2.67. The summed E-state index contributed by atoms with van der Waals surface area (Å²) in [4.78, 5) is 22.7. The second kappa shape index (κ2) is 5.26. The molecule has 0 atom stereocenters. The topological polar surface area (TPSA) is 58.2 Å². The zero-order chi connectivity index (χ0) is 14.0. The van der Waals surface area contributed by atoms with Gasteiger partial charge in [0.05, 0.1) is 0 Å². The van der Waals surface area contributed by atoms with Gasteiger partial charge in [-0.2, -0.15) is 0 Å². The largest absolute Gasteiger partial charge is 0.383 e. The first-order valence-corrected chi connectivity index (χ1v) is 6.40. The van der Waals surface area contributed by atoms with Gasteiger partial charge in [0.2, 0.25) is 0 Å². The van der Waals surface area contributed by atoms with Crippen LogP contribution in [0.15, 0.2) is 33.9 Å². The zero-order valence-electron chi connectivity index (χ0n) is 11.4. The van der Waals surface area contributed by atoms with Gasteiger partial charge < -0.3 is 10.6 Å². The first-order chi connectivity index (χ1) is 9.02. The summed E-state index contributed by atoms with van der Waals surface area (Å²) < 4.78 is 0. The first kappa shape index (κ1) is 13.3. The van der Waals surface area contributed by atoms with E-state index < -0.39 is 10.9 Å². The number of hydrogen-bond donors (Lipinski definition) is 2. The Morgan fingerprint density at radius 1 is 1.00 bits per heavy atom. The normalized spacial score (nSPS) is 10.9. The standard InChI is InChI=1S/C15H18N2O2/c1-9(2)8-10-4-6-11(7-5-10)17-13-12(16-3)14(18)15(13)19/h4-7,9,16-17H,8H2,1-3H3. The van der Waals surface area contributed by atoms with E-state index in [2.05, 4.69) is 24.5 Å². The Kier molecular flexibility index (Phi) is 3.69. The number of hydrogen-bond acceptors (Lipinski definition) is 4. The number of nitrogens with one attached hydrogen (secondary N) is 2. The number of benzene rings is 1. The van der Waals surface area contributed by atoms with E-state index in [1.807, 2.05) is 24.3 Å². The van der Waals surface area contributed by atoms with E-state index in [9.17, 15) is 9.59 Å². The molecular formula is C15H18N2O2. The molecule has 0 saturated heterocycles. The molecule has 19 heavy (non-hydrogen) atoms. The van der Waals surface area contributed by atoms with Gasteiger partial charge in [0, 0.05) is 12.7 Å². The highest BCUT2D eigenvalue weighted by atomic mass is 16.2. The van der Waals surface area contributed by atoms with Crippen molar-refractivity contribution in [2.75, 3.05) is 17.7 Å². The molecule has 0 aliphatic rings. The van der Waals surface area contributed by atoms with Crippen molar-refractivity contribution in [1.82, 2.24) is 0 Å². The molecule has 100 valence electrons. The van der Waals surface area contributed by atoms with Crippen molar-refractivity contribution >= 4 is 17.1 Å². The van der Waals surface area contributed by atoms with E-state index in [-0.39, 0.29) is 0 Å². The van der Waals surface area contributed by atoms with Crippen molar-refractivity contribution < 1.29 is 0 Å². The molecule has 0 saturated carbocycles. The fourth-order valence-corrected chi connectivity index (χ4v) is 2.09. The predicted molar refractivity (Wildman–Crippen MR) is 79.2 cm³/mol. The minimum atomic E-state index is -0.462. The first-order valence-electron chi connectivity index (χ1n) is 6.40. The molecule has 4 heteroatoms. The second-order valence-electron chi connectivity index (χ2n) is 5.08. The van der Waals surface area contributed by atoms with Gasteiger partial charge in [-0.25, -0.2) is 0 Å². The lowest BCUT2D eigenvalue weighted by Crippen LogP contribution is -2.35. The fraction of sp³-hybridized carbons (Fsp3) is 0.333. The molecule has 2 aromatic rings. The SMILES string of the molecule is CNc1c(Nc2ccc(CC(C)C)cc2)c(=O)c1=O. The van der Waals surface area contributed by atoms with Crippen molar-refractivity contribution in [2.24, 2.45) is 5.92 Å². The van der Waals surface area contributed by atoms with E-state index in [0.717, 1.165) is 12.1 Å². The number of rotatable bonds is 5. The van der Waals surface area contributed by atoms with Crippen LogP contribution in [-0.2, 0) is 6.42 Å².